The smallest absolute Gasteiger partial charge is 0.257 e. The Morgan fingerprint density at radius 2 is 2.00 bits per heavy atom. The number of thioether (sulfide) groups is 1. The van der Waals surface area contributed by atoms with Crippen molar-refractivity contribution in [2.24, 2.45) is 5.41 Å². The number of carbonyl (C=O) groups excluding carboxylic acids is 1. The first-order chi connectivity index (χ1) is 13.7. The highest BCUT2D eigenvalue weighted by Crippen LogP contribution is 2.32. The molecule has 4 rings (SSSR count). The molecule has 0 radical (unpaired) electrons. The molecule has 3 aromatic rings. The van der Waals surface area contributed by atoms with Crippen molar-refractivity contribution in [3.63, 3.8) is 0 Å². The second kappa shape index (κ2) is 8.05. The molecule has 142 valence electrons. The predicted octanol–water partition coefficient (Wildman–Crippen LogP) is 4.38. The highest BCUT2D eigenvalue weighted by Gasteiger charge is 2.40. The molecule has 0 spiro atoms. The summed E-state index contributed by atoms with van der Waals surface area (Å²) in [4.78, 5) is 17.2. The van der Waals surface area contributed by atoms with Crippen molar-refractivity contribution >= 4 is 34.5 Å². The highest BCUT2D eigenvalue weighted by molar-refractivity contribution is 7.98. The lowest BCUT2D eigenvalue weighted by atomic mass is 9.81. The van der Waals surface area contributed by atoms with Gasteiger partial charge in [0.1, 0.15) is 10.9 Å². The van der Waals surface area contributed by atoms with Gasteiger partial charge in [-0.25, -0.2) is 4.98 Å². The maximum Gasteiger partial charge on any atom is 0.257 e. The molecular weight excluding hydrogens is 374 g/mol. The van der Waals surface area contributed by atoms with Gasteiger partial charge in [-0.1, -0.05) is 42.1 Å². The van der Waals surface area contributed by atoms with Gasteiger partial charge in [0.25, 0.3) is 5.22 Å². The lowest BCUT2D eigenvalue weighted by molar-refractivity contribution is -0.126. The van der Waals surface area contributed by atoms with Crippen molar-refractivity contribution in [3.8, 4) is 6.07 Å². The maximum absolute atomic E-state index is 12.7. The highest BCUT2D eigenvalue weighted by atomic mass is 32.2. The minimum atomic E-state index is -1.03. The average Bonchev–Trinajstić information content (AvgIpc) is 3.15. The average molecular weight is 393 g/mol. The largest absolute Gasteiger partial charge is 0.431 e. The molecule has 28 heavy (non-hydrogen) atoms. The number of rotatable bonds is 5. The van der Waals surface area contributed by atoms with Gasteiger partial charge >= 0.3 is 0 Å². The van der Waals surface area contributed by atoms with E-state index in [1.807, 2.05) is 18.2 Å². The zero-order valence-electron chi connectivity index (χ0n) is 15.2. The molecule has 2 heterocycles. The van der Waals surface area contributed by atoms with Gasteiger partial charge in [0.15, 0.2) is 5.58 Å². The van der Waals surface area contributed by atoms with Crippen molar-refractivity contribution < 1.29 is 13.9 Å². The number of nitriles is 1. The van der Waals surface area contributed by atoms with E-state index in [0.29, 0.717) is 48.1 Å². The molecule has 1 N–H and O–H groups in total. The maximum atomic E-state index is 12.7. The summed E-state index contributed by atoms with van der Waals surface area (Å²) in [5, 5.41) is 13.0. The Balaban J connectivity index is 1.47. The van der Waals surface area contributed by atoms with Crippen LogP contribution >= 0.6 is 11.8 Å². The first-order valence-corrected chi connectivity index (χ1v) is 10.0. The topological polar surface area (TPSA) is 88.2 Å². The van der Waals surface area contributed by atoms with Gasteiger partial charge in [-0.3, -0.25) is 4.79 Å². The summed E-state index contributed by atoms with van der Waals surface area (Å²) in [6.07, 6.45) is 0.809. The third-order valence-corrected chi connectivity index (χ3v) is 5.73. The number of oxazole rings is 1. The molecule has 0 saturated carbocycles. The van der Waals surface area contributed by atoms with E-state index in [-0.39, 0.29) is 5.91 Å². The van der Waals surface area contributed by atoms with E-state index >= 15 is 0 Å². The second-order valence-corrected chi connectivity index (χ2v) is 7.62. The van der Waals surface area contributed by atoms with E-state index in [2.05, 4.69) is 28.5 Å². The van der Waals surface area contributed by atoms with Crippen LogP contribution in [0, 0.1) is 16.7 Å². The van der Waals surface area contributed by atoms with Crippen LogP contribution in [-0.4, -0.2) is 24.1 Å². The molecule has 1 aliphatic rings. The predicted molar refractivity (Wildman–Crippen MR) is 107 cm³/mol. The number of nitrogens with one attached hydrogen (secondary N) is 1. The number of fused-ring (bicyclic) bond motifs is 1. The monoisotopic (exact) mass is 393 g/mol. The van der Waals surface area contributed by atoms with Gasteiger partial charge in [-0.15, -0.1) is 0 Å². The molecule has 1 aromatic heterocycles. The Morgan fingerprint density at radius 3 is 2.75 bits per heavy atom. The SMILES string of the molecule is N#CC1(C(=O)Nc2ccc3oc(SCc4ccccc4)nc3c2)CCOCC1. The summed E-state index contributed by atoms with van der Waals surface area (Å²) >= 11 is 1.52. The van der Waals surface area contributed by atoms with Crippen LogP contribution in [0.15, 0.2) is 58.2 Å². The number of anilines is 1. The van der Waals surface area contributed by atoms with Gasteiger partial charge in [-0.2, -0.15) is 5.26 Å². The van der Waals surface area contributed by atoms with Crippen LogP contribution in [0.5, 0.6) is 0 Å². The number of ether oxygens (including phenoxy) is 1. The fourth-order valence-electron chi connectivity index (χ4n) is 3.13. The zero-order chi connectivity index (χ0) is 19.4. The van der Waals surface area contributed by atoms with E-state index < -0.39 is 5.41 Å². The van der Waals surface area contributed by atoms with Gasteiger partial charge < -0.3 is 14.5 Å². The van der Waals surface area contributed by atoms with Crippen molar-refractivity contribution in [2.75, 3.05) is 18.5 Å². The van der Waals surface area contributed by atoms with Crippen molar-refractivity contribution in [1.29, 1.82) is 5.26 Å². The number of aromatic nitrogens is 1. The Labute approximate surface area is 166 Å². The summed E-state index contributed by atoms with van der Waals surface area (Å²) in [6.45, 7) is 0.844. The van der Waals surface area contributed by atoms with Gasteiger partial charge in [0.2, 0.25) is 5.91 Å². The molecule has 0 atom stereocenters. The first-order valence-electron chi connectivity index (χ1n) is 9.06. The minimum absolute atomic E-state index is 0.292. The van der Waals surface area contributed by atoms with E-state index in [9.17, 15) is 10.1 Å². The molecule has 1 saturated heterocycles. The third kappa shape index (κ3) is 3.88. The number of benzene rings is 2. The molecule has 0 bridgehead atoms. The molecule has 1 aliphatic heterocycles. The molecule has 2 aromatic carbocycles. The Kier molecular flexibility index (Phi) is 5.33. The minimum Gasteiger partial charge on any atom is -0.431 e. The Bertz CT molecular complexity index is 1020. The van der Waals surface area contributed by atoms with Gasteiger partial charge in [-0.05, 0) is 36.6 Å². The molecule has 0 unspecified atom stereocenters. The standard InChI is InChI=1S/C21H19N3O3S/c22-14-21(8-10-26-11-9-21)19(25)23-16-6-7-18-17(12-16)24-20(27-18)28-13-15-4-2-1-3-5-15/h1-7,12H,8-11,13H2,(H,23,25). The molecule has 7 heteroatoms. The summed E-state index contributed by atoms with van der Waals surface area (Å²) in [6, 6.07) is 17.6. The molecule has 6 nitrogen and oxygen atoms in total. The number of amides is 1. The summed E-state index contributed by atoms with van der Waals surface area (Å²) < 4.78 is 11.1. The van der Waals surface area contributed by atoms with E-state index in [0.717, 1.165) is 5.75 Å². The van der Waals surface area contributed by atoms with Crippen molar-refractivity contribution in [1.82, 2.24) is 4.98 Å². The third-order valence-electron chi connectivity index (χ3n) is 4.83. The van der Waals surface area contributed by atoms with Gasteiger partial charge in [0, 0.05) is 24.7 Å². The Morgan fingerprint density at radius 1 is 1.21 bits per heavy atom. The van der Waals surface area contributed by atoms with Crippen LogP contribution in [-0.2, 0) is 15.3 Å². The fourth-order valence-corrected chi connectivity index (χ4v) is 3.92. The summed E-state index contributed by atoms with van der Waals surface area (Å²) in [5.74, 6) is 0.476. The van der Waals surface area contributed by atoms with Crippen LogP contribution in [0.4, 0.5) is 5.69 Å². The first kappa shape index (κ1) is 18.5. The quantitative estimate of drug-likeness (QED) is 0.647. The summed E-state index contributed by atoms with van der Waals surface area (Å²) in [7, 11) is 0. The van der Waals surface area contributed by atoms with E-state index in [4.69, 9.17) is 9.15 Å². The lowest BCUT2D eigenvalue weighted by Crippen LogP contribution is -2.39. The van der Waals surface area contributed by atoms with Crippen molar-refractivity contribution in [3.05, 3.63) is 54.1 Å². The zero-order valence-corrected chi connectivity index (χ0v) is 16.0. The van der Waals surface area contributed by atoms with E-state index in [1.54, 1.807) is 18.2 Å². The number of hydrogen-bond acceptors (Lipinski definition) is 6. The van der Waals surface area contributed by atoms with E-state index in [1.165, 1.54) is 17.3 Å². The number of nitrogens with zero attached hydrogens (tertiary/aromatic N) is 2. The van der Waals surface area contributed by atoms with Crippen LogP contribution in [0.3, 0.4) is 0 Å². The fraction of sp³-hybridized carbons (Fsp3) is 0.286. The molecule has 1 fully saturated rings. The van der Waals surface area contributed by atoms with Crippen molar-refractivity contribution in [2.45, 2.75) is 23.8 Å². The summed E-state index contributed by atoms with van der Waals surface area (Å²) in [5.41, 5.74) is 2.10. The second-order valence-electron chi connectivity index (χ2n) is 6.70. The lowest BCUT2D eigenvalue weighted by Gasteiger charge is -2.29. The van der Waals surface area contributed by atoms with Crippen LogP contribution < -0.4 is 5.32 Å². The molecule has 1 amide bonds. The molecular formula is C21H19N3O3S. The van der Waals surface area contributed by atoms with Crippen LogP contribution in [0.1, 0.15) is 18.4 Å². The van der Waals surface area contributed by atoms with Crippen LogP contribution in [0.2, 0.25) is 0 Å². The normalized spacial score (nSPS) is 15.8. The van der Waals surface area contributed by atoms with Gasteiger partial charge in [0.05, 0.1) is 6.07 Å². The van der Waals surface area contributed by atoms with Crippen LogP contribution in [0.25, 0.3) is 11.1 Å². The number of hydrogen-bond donors (Lipinski definition) is 1. The Hall–Kier alpha value is -2.82. The molecule has 0 aliphatic carbocycles. The number of carbonyl (C=O) groups is 1.